The first-order chi connectivity index (χ1) is 9.18. The summed E-state index contributed by atoms with van der Waals surface area (Å²) in [6.07, 6.45) is 11.8. The summed E-state index contributed by atoms with van der Waals surface area (Å²) in [6, 6.07) is 0. The molecule has 0 radical (unpaired) electrons. The van der Waals surface area contributed by atoms with Gasteiger partial charge in [0.2, 0.25) is 0 Å². The van der Waals surface area contributed by atoms with Crippen LogP contribution in [0.4, 0.5) is 0 Å². The summed E-state index contributed by atoms with van der Waals surface area (Å²) in [5.41, 5.74) is 2.58. The van der Waals surface area contributed by atoms with Gasteiger partial charge in [-0.3, -0.25) is 0 Å². The smallest absolute Gasteiger partial charge is 1.00 e. The SMILES string of the molecule is CCCCCCCCCCCCNOC(=O)C(C)O.[H-].[Na+]. The van der Waals surface area contributed by atoms with Crippen molar-refractivity contribution in [3.8, 4) is 0 Å². The standard InChI is InChI=1S/C15H31NO3.Na.H/c1-3-4-5-6-7-8-9-10-11-12-13-16-19-15(18)14(2)17;;/h14,16-17H,3-13H2,1-2H3;;/q;+1;-1. The van der Waals surface area contributed by atoms with E-state index in [1.807, 2.05) is 0 Å². The Morgan fingerprint density at radius 1 is 1.05 bits per heavy atom. The Labute approximate surface area is 147 Å². The molecule has 20 heavy (non-hydrogen) atoms. The Kier molecular flexibility index (Phi) is 19.8. The molecule has 0 aromatic carbocycles. The van der Waals surface area contributed by atoms with Gasteiger partial charge < -0.3 is 11.4 Å². The van der Waals surface area contributed by atoms with E-state index >= 15 is 0 Å². The normalized spacial score (nSPS) is 11.8. The van der Waals surface area contributed by atoms with Crippen molar-refractivity contribution in [3.05, 3.63) is 0 Å². The van der Waals surface area contributed by atoms with Gasteiger partial charge >= 0.3 is 35.5 Å². The van der Waals surface area contributed by atoms with Gasteiger partial charge in [0.1, 0.15) is 0 Å². The van der Waals surface area contributed by atoms with Gasteiger partial charge in [-0.05, 0) is 13.3 Å². The summed E-state index contributed by atoms with van der Waals surface area (Å²) in [4.78, 5) is 15.5. The van der Waals surface area contributed by atoms with Gasteiger partial charge in [-0.2, -0.15) is 5.48 Å². The van der Waals surface area contributed by atoms with Crippen LogP contribution in [0.2, 0.25) is 0 Å². The Balaban J connectivity index is -0.00000162. The molecule has 2 N–H and O–H groups in total. The molecular formula is C15H32NNaO3. The summed E-state index contributed by atoms with van der Waals surface area (Å²) in [7, 11) is 0. The summed E-state index contributed by atoms with van der Waals surface area (Å²) < 4.78 is 0. The third-order valence-corrected chi connectivity index (χ3v) is 3.15. The first-order valence-electron chi connectivity index (χ1n) is 7.80. The zero-order chi connectivity index (χ0) is 14.3. The fourth-order valence-electron chi connectivity index (χ4n) is 1.89. The number of hydrogen-bond acceptors (Lipinski definition) is 4. The van der Waals surface area contributed by atoms with Crippen LogP contribution in [0, 0.1) is 0 Å². The van der Waals surface area contributed by atoms with E-state index in [2.05, 4.69) is 17.2 Å². The van der Waals surface area contributed by atoms with Crippen molar-refractivity contribution in [2.75, 3.05) is 6.54 Å². The molecule has 0 aliphatic rings. The minimum atomic E-state index is -1.06. The van der Waals surface area contributed by atoms with Crippen LogP contribution in [0.3, 0.4) is 0 Å². The zero-order valence-electron chi connectivity index (χ0n) is 14.6. The molecule has 116 valence electrons. The minimum absolute atomic E-state index is 0. The van der Waals surface area contributed by atoms with Crippen LogP contribution in [0.25, 0.3) is 0 Å². The maximum atomic E-state index is 10.9. The van der Waals surface area contributed by atoms with E-state index in [0.29, 0.717) is 6.54 Å². The third kappa shape index (κ3) is 16.4. The molecule has 0 bridgehead atoms. The summed E-state index contributed by atoms with van der Waals surface area (Å²) >= 11 is 0. The maximum absolute atomic E-state index is 10.9. The predicted molar refractivity (Wildman–Crippen MR) is 78.7 cm³/mol. The van der Waals surface area contributed by atoms with E-state index in [4.69, 9.17) is 5.11 Å². The number of hydroxylamine groups is 1. The van der Waals surface area contributed by atoms with E-state index in [-0.39, 0.29) is 31.0 Å². The number of nitrogens with one attached hydrogen (secondary N) is 1. The van der Waals surface area contributed by atoms with Crippen LogP contribution in [0.1, 0.15) is 79.5 Å². The number of hydrogen-bond donors (Lipinski definition) is 2. The number of aliphatic hydroxyl groups is 1. The average molecular weight is 297 g/mol. The van der Waals surface area contributed by atoms with Crippen LogP contribution in [0.15, 0.2) is 0 Å². The predicted octanol–water partition coefficient (Wildman–Crippen LogP) is 0.452. The first kappa shape index (κ1) is 22.7. The Bertz CT molecular complexity index is 219. The Hall–Kier alpha value is 0.390. The van der Waals surface area contributed by atoms with Crippen LogP contribution in [0.5, 0.6) is 0 Å². The van der Waals surface area contributed by atoms with E-state index in [1.54, 1.807) is 0 Å². The number of carbonyl (C=O) groups excluding carboxylic acids is 1. The van der Waals surface area contributed by atoms with Crippen molar-refractivity contribution in [1.29, 1.82) is 0 Å². The van der Waals surface area contributed by atoms with E-state index in [9.17, 15) is 4.79 Å². The van der Waals surface area contributed by atoms with E-state index in [1.165, 1.54) is 58.3 Å². The molecule has 0 saturated carbocycles. The summed E-state index contributed by atoms with van der Waals surface area (Å²) in [6.45, 7) is 4.30. The fourth-order valence-corrected chi connectivity index (χ4v) is 1.89. The average Bonchev–Trinajstić information content (AvgIpc) is 2.39. The Morgan fingerprint density at radius 3 is 1.95 bits per heavy atom. The monoisotopic (exact) mass is 297 g/mol. The van der Waals surface area contributed by atoms with Crippen LogP contribution >= 0.6 is 0 Å². The van der Waals surface area contributed by atoms with Gasteiger partial charge in [-0.25, -0.2) is 4.79 Å². The van der Waals surface area contributed by atoms with Crippen molar-refractivity contribution < 1.29 is 45.7 Å². The van der Waals surface area contributed by atoms with Crippen molar-refractivity contribution in [2.24, 2.45) is 0 Å². The molecule has 1 atom stereocenters. The van der Waals surface area contributed by atoms with Crippen molar-refractivity contribution in [1.82, 2.24) is 5.48 Å². The molecule has 0 aliphatic carbocycles. The number of unbranched alkanes of at least 4 members (excludes halogenated alkanes) is 9. The molecule has 0 spiro atoms. The number of carbonyl (C=O) groups is 1. The molecule has 1 unspecified atom stereocenters. The van der Waals surface area contributed by atoms with Crippen molar-refractivity contribution in [3.63, 3.8) is 0 Å². The van der Waals surface area contributed by atoms with Gasteiger partial charge in [0.25, 0.3) is 0 Å². The molecule has 0 rings (SSSR count). The molecule has 0 saturated heterocycles. The van der Waals surface area contributed by atoms with Crippen molar-refractivity contribution >= 4 is 5.97 Å². The van der Waals surface area contributed by atoms with E-state index < -0.39 is 12.1 Å². The fraction of sp³-hybridized carbons (Fsp3) is 0.933. The van der Waals surface area contributed by atoms with Gasteiger partial charge in [-0.1, -0.05) is 64.7 Å². The topological polar surface area (TPSA) is 58.6 Å². The minimum Gasteiger partial charge on any atom is -1.00 e. The van der Waals surface area contributed by atoms with Crippen LogP contribution < -0.4 is 35.0 Å². The van der Waals surface area contributed by atoms with Gasteiger partial charge in [0.15, 0.2) is 6.10 Å². The second kappa shape index (κ2) is 17.4. The van der Waals surface area contributed by atoms with Crippen LogP contribution in [-0.2, 0) is 9.63 Å². The molecule has 0 aliphatic heterocycles. The second-order valence-corrected chi connectivity index (χ2v) is 5.17. The quantitative estimate of drug-likeness (QED) is 0.294. The maximum Gasteiger partial charge on any atom is 1.00 e. The van der Waals surface area contributed by atoms with Gasteiger partial charge in [0, 0.05) is 6.54 Å². The molecule has 0 fully saturated rings. The summed E-state index contributed by atoms with van der Waals surface area (Å²) in [5, 5.41) is 8.88. The summed E-state index contributed by atoms with van der Waals surface area (Å²) in [5.74, 6) is -0.618. The first-order valence-corrected chi connectivity index (χ1v) is 7.80. The van der Waals surface area contributed by atoms with Crippen LogP contribution in [-0.4, -0.2) is 23.7 Å². The Morgan fingerprint density at radius 2 is 1.50 bits per heavy atom. The largest absolute Gasteiger partial charge is 1.00 e. The van der Waals surface area contributed by atoms with Crippen molar-refractivity contribution in [2.45, 2.75) is 84.2 Å². The molecule has 0 aromatic heterocycles. The van der Waals surface area contributed by atoms with Gasteiger partial charge in [-0.15, -0.1) is 0 Å². The molecule has 0 amide bonds. The second-order valence-electron chi connectivity index (χ2n) is 5.17. The molecular weight excluding hydrogens is 265 g/mol. The van der Waals surface area contributed by atoms with E-state index in [0.717, 1.165) is 12.8 Å². The number of aliphatic hydroxyl groups excluding tert-OH is 1. The molecule has 0 heterocycles. The number of rotatable bonds is 13. The zero-order valence-corrected chi connectivity index (χ0v) is 15.6. The molecule has 4 nitrogen and oxygen atoms in total. The molecule has 5 heteroatoms. The third-order valence-electron chi connectivity index (χ3n) is 3.15. The van der Waals surface area contributed by atoms with Gasteiger partial charge in [0.05, 0.1) is 0 Å². The molecule has 0 aromatic rings.